The van der Waals surface area contributed by atoms with Crippen LogP contribution in [-0.2, 0) is 4.79 Å². The SMILES string of the molecule is Cc1cc(C(=O)Nc2ccon2)sc1C=CC(=O)O. The van der Waals surface area contributed by atoms with Crippen LogP contribution in [0.4, 0.5) is 5.82 Å². The summed E-state index contributed by atoms with van der Waals surface area (Å²) in [6.45, 7) is 1.81. The highest BCUT2D eigenvalue weighted by molar-refractivity contribution is 7.15. The predicted molar refractivity (Wildman–Crippen MR) is 70.2 cm³/mol. The number of aryl methyl sites for hydroxylation is 1. The Kier molecular flexibility index (Phi) is 3.76. The van der Waals surface area contributed by atoms with Crippen molar-refractivity contribution in [2.45, 2.75) is 6.92 Å². The molecule has 2 heterocycles. The van der Waals surface area contributed by atoms with Gasteiger partial charge < -0.3 is 14.9 Å². The third-order valence-electron chi connectivity index (χ3n) is 2.24. The van der Waals surface area contributed by atoms with E-state index in [9.17, 15) is 9.59 Å². The Bertz CT molecular complexity index is 628. The van der Waals surface area contributed by atoms with Gasteiger partial charge in [0.15, 0.2) is 5.82 Å². The van der Waals surface area contributed by atoms with Crippen molar-refractivity contribution in [1.82, 2.24) is 5.16 Å². The van der Waals surface area contributed by atoms with E-state index in [0.717, 1.165) is 16.5 Å². The number of nitrogens with one attached hydrogen (secondary N) is 1. The molecule has 0 fully saturated rings. The van der Waals surface area contributed by atoms with Crippen molar-refractivity contribution < 1.29 is 19.2 Å². The number of carboxylic acids is 1. The second kappa shape index (κ2) is 5.49. The number of thiophene rings is 1. The van der Waals surface area contributed by atoms with Gasteiger partial charge in [-0.3, -0.25) is 4.79 Å². The molecule has 0 radical (unpaired) electrons. The van der Waals surface area contributed by atoms with Crippen LogP contribution in [0.5, 0.6) is 0 Å². The van der Waals surface area contributed by atoms with Crippen LogP contribution in [-0.4, -0.2) is 22.1 Å². The minimum atomic E-state index is -1.03. The van der Waals surface area contributed by atoms with Crippen LogP contribution in [0.2, 0.25) is 0 Å². The average Bonchev–Trinajstić information content (AvgIpc) is 2.96. The van der Waals surface area contributed by atoms with Crippen LogP contribution in [0.25, 0.3) is 6.08 Å². The lowest BCUT2D eigenvalue weighted by Gasteiger charge is -1.96. The number of carbonyl (C=O) groups is 2. The molecule has 0 spiro atoms. The molecular weight excluding hydrogens is 268 g/mol. The summed E-state index contributed by atoms with van der Waals surface area (Å²) in [6.07, 6.45) is 3.86. The summed E-state index contributed by atoms with van der Waals surface area (Å²) in [4.78, 5) is 23.6. The highest BCUT2D eigenvalue weighted by atomic mass is 32.1. The Labute approximate surface area is 112 Å². The molecule has 0 atom stereocenters. The number of nitrogens with zero attached hydrogens (tertiary/aromatic N) is 1. The lowest BCUT2D eigenvalue weighted by molar-refractivity contribution is -0.131. The molecule has 0 aliphatic heterocycles. The van der Waals surface area contributed by atoms with E-state index >= 15 is 0 Å². The third-order valence-corrected chi connectivity index (χ3v) is 3.44. The molecule has 2 rings (SSSR count). The quantitative estimate of drug-likeness (QED) is 0.838. The van der Waals surface area contributed by atoms with Gasteiger partial charge in [-0.25, -0.2) is 4.79 Å². The first-order valence-electron chi connectivity index (χ1n) is 5.29. The second-order valence-corrected chi connectivity index (χ2v) is 4.75. The van der Waals surface area contributed by atoms with Crippen LogP contribution >= 0.6 is 11.3 Å². The van der Waals surface area contributed by atoms with Crippen molar-refractivity contribution in [3.8, 4) is 0 Å². The summed E-state index contributed by atoms with van der Waals surface area (Å²) in [5.41, 5.74) is 0.841. The molecule has 0 saturated carbocycles. The summed E-state index contributed by atoms with van der Waals surface area (Å²) >= 11 is 1.21. The van der Waals surface area contributed by atoms with Gasteiger partial charge >= 0.3 is 5.97 Å². The fraction of sp³-hybridized carbons (Fsp3) is 0.0833. The van der Waals surface area contributed by atoms with Gasteiger partial charge in [-0.15, -0.1) is 11.3 Å². The molecule has 19 heavy (non-hydrogen) atoms. The van der Waals surface area contributed by atoms with Crippen LogP contribution in [0.1, 0.15) is 20.1 Å². The van der Waals surface area contributed by atoms with Crippen LogP contribution in [0.15, 0.2) is 29.0 Å². The molecule has 2 N–H and O–H groups in total. The van der Waals surface area contributed by atoms with Crippen molar-refractivity contribution >= 4 is 35.1 Å². The van der Waals surface area contributed by atoms with Gasteiger partial charge in [0.2, 0.25) is 0 Å². The average molecular weight is 278 g/mol. The number of aromatic nitrogens is 1. The minimum Gasteiger partial charge on any atom is -0.478 e. The number of hydrogen-bond acceptors (Lipinski definition) is 5. The zero-order valence-corrected chi connectivity index (χ0v) is 10.7. The molecule has 6 nitrogen and oxygen atoms in total. The highest BCUT2D eigenvalue weighted by Crippen LogP contribution is 2.24. The Morgan fingerprint density at radius 1 is 1.53 bits per heavy atom. The molecule has 7 heteroatoms. The largest absolute Gasteiger partial charge is 0.478 e. The zero-order valence-electron chi connectivity index (χ0n) is 9.91. The van der Waals surface area contributed by atoms with E-state index in [1.165, 1.54) is 29.7 Å². The maximum atomic E-state index is 11.9. The number of carbonyl (C=O) groups excluding carboxylic acids is 1. The van der Waals surface area contributed by atoms with Gasteiger partial charge in [-0.05, 0) is 24.6 Å². The van der Waals surface area contributed by atoms with Gasteiger partial charge in [-0.1, -0.05) is 5.16 Å². The van der Waals surface area contributed by atoms with Crippen molar-refractivity contribution in [3.63, 3.8) is 0 Å². The van der Waals surface area contributed by atoms with E-state index < -0.39 is 5.97 Å². The first-order chi connectivity index (χ1) is 9.06. The maximum Gasteiger partial charge on any atom is 0.328 e. The summed E-state index contributed by atoms with van der Waals surface area (Å²) in [5.74, 6) is -1.00. The molecule has 0 unspecified atom stereocenters. The molecule has 0 bridgehead atoms. The first kappa shape index (κ1) is 13.0. The number of hydrogen-bond donors (Lipinski definition) is 2. The number of amides is 1. The number of rotatable bonds is 4. The molecule has 0 aliphatic carbocycles. The number of carboxylic acid groups (broad SMARTS) is 1. The van der Waals surface area contributed by atoms with Crippen molar-refractivity contribution in [1.29, 1.82) is 0 Å². The molecular formula is C12H10N2O4S. The highest BCUT2D eigenvalue weighted by Gasteiger charge is 2.12. The van der Waals surface area contributed by atoms with Gasteiger partial charge in [-0.2, -0.15) is 0 Å². The van der Waals surface area contributed by atoms with E-state index in [1.807, 2.05) is 6.92 Å². The maximum absolute atomic E-state index is 11.9. The van der Waals surface area contributed by atoms with E-state index in [4.69, 9.17) is 5.11 Å². The normalized spacial score (nSPS) is 10.8. The van der Waals surface area contributed by atoms with Crippen LogP contribution in [0.3, 0.4) is 0 Å². The minimum absolute atomic E-state index is 0.308. The lowest BCUT2D eigenvalue weighted by Crippen LogP contribution is -2.10. The van der Waals surface area contributed by atoms with E-state index in [-0.39, 0.29) is 5.91 Å². The standard InChI is InChI=1S/C12H10N2O4S/c1-7-6-9(19-8(7)2-3-11(15)16)12(17)13-10-4-5-18-14-10/h2-6H,1H3,(H,15,16)(H,13,14,17). The van der Waals surface area contributed by atoms with Crippen molar-refractivity contribution in [2.75, 3.05) is 5.32 Å². The Morgan fingerprint density at radius 3 is 2.95 bits per heavy atom. The Morgan fingerprint density at radius 2 is 2.32 bits per heavy atom. The molecule has 2 aromatic rings. The smallest absolute Gasteiger partial charge is 0.328 e. The Balaban J connectivity index is 2.15. The second-order valence-electron chi connectivity index (χ2n) is 3.67. The van der Waals surface area contributed by atoms with Crippen LogP contribution < -0.4 is 5.32 Å². The van der Waals surface area contributed by atoms with Crippen molar-refractivity contribution in [3.05, 3.63) is 39.8 Å². The van der Waals surface area contributed by atoms with E-state index in [1.54, 1.807) is 6.07 Å². The van der Waals surface area contributed by atoms with Gasteiger partial charge in [0.25, 0.3) is 5.91 Å². The fourth-order valence-electron chi connectivity index (χ4n) is 1.38. The molecule has 2 aromatic heterocycles. The first-order valence-corrected chi connectivity index (χ1v) is 6.11. The summed E-state index contributed by atoms with van der Waals surface area (Å²) in [6, 6.07) is 3.23. The third kappa shape index (κ3) is 3.29. The fourth-order valence-corrected chi connectivity index (χ4v) is 2.35. The van der Waals surface area contributed by atoms with Crippen LogP contribution in [0, 0.1) is 6.92 Å². The van der Waals surface area contributed by atoms with E-state index in [0.29, 0.717) is 10.7 Å². The molecule has 1 amide bonds. The number of aliphatic carboxylic acids is 1. The monoisotopic (exact) mass is 278 g/mol. The van der Waals surface area contributed by atoms with E-state index in [2.05, 4.69) is 15.0 Å². The zero-order chi connectivity index (χ0) is 13.8. The molecule has 0 aromatic carbocycles. The predicted octanol–water partition coefficient (Wildman–Crippen LogP) is 2.39. The van der Waals surface area contributed by atoms with Gasteiger partial charge in [0.1, 0.15) is 6.26 Å². The Hall–Kier alpha value is -2.41. The van der Waals surface area contributed by atoms with Crippen molar-refractivity contribution in [2.24, 2.45) is 0 Å². The summed E-state index contributed by atoms with van der Waals surface area (Å²) < 4.78 is 4.61. The summed E-state index contributed by atoms with van der Waals surface area (Å²) in [7, 11) is 0. The van der Waals surface area contributed by atoms with Gasteiger partial charge in [0, 0.05) is 17.0 Å². The number of anilines is 1. The topological polar surface area (TPSA) is 92.4 Å². The summed E-state index contributed by atoms with van der Waals surface area (Å²) in [5, 5.41) is 14.7. The molecule has 98 valence electrons. The molecule has 0 aliphatic rings. The van der Waals surface area contributed by atoms with Gasteiger partial charge in [0.05, 0.1) is 4.88 Å². The molecule has 0 saturated heterocycles. The lowest BCUT2D eigenvalue weighted by atomic mass is 10.2.